The van der Waals surface area contributed by atoms with E-state index in [1.54, 1.807) is 0 Å². The first-order chi connectivity index (χ1) is 7.79. The van der Waals surface area contributed by atoms with Crippen LogP contribution < -0.4 is 0 Å². The van der Waals surface area contributed by atoms with Gasteiger partial charge in [-0.2, -0.15) is 0 Å². The first-order valence-corrected chi connectivity index (χ1v) is 6.67. The van der Waals surface area contributed by atoms with Crippen LogP contribution >= 0.6 is 0 Å². The number of aliphatic hydroxyl groups excluding tert-OH is 1. The minimum Gasteiger partial charge on any atom is -0.396 e. The molecule has 16 heavy (non-hydrogen) atoms. The summed E-state index contributed by atoms with van der Waals surface area (Å²) < 4.78 is 11.6. The van der Waals surface area contributed by atoms with Crippen LogP contribution in [-0.2, 0) is 9.47 Å². The smallest absolute Gasteiger partial charge is 0.168 e. The first kappa shape index (κ1) is 11.0. The fourth-order valence-corrected chi connectivity index (χ4v) is 3.99. The van der Waals surface area contributed by atoms with E-state index in [2.05, 4.69) is 0 Å². The molecule has 2 saturated carbocycles. The van der Waals surface area contributed by atoms with E-state index in [9.17, 15) is 5.11 Å². The Labute approximate surface area is 97.1 Å². The van der Waals surface area contributed by atoms with Gasteiger partial charge in [0.15, 0.2) is 5.79 Å². The molecule has 0 amide bonds. The third-order valence-corrected chi connectivity index (χ3v) is 5.03. The van der Waals surface area contributed by atoms with Gasteiger partial charge in [0.1, 0.15) is 0 Å². The molecule has 1 spiro atoms. The zero-order chi connectivity index (χ0) is 11.1. The Bertz CT molecular complexity index is 260. The number of aliphatic hydroxyl groups is 1. The summed E-state index contributed by atoms with van der Waals surface area (Å²) in [5, 5.41) is 9.73. The fraction of sp³-hybridized carbons (Fsp3) is 1.00. The second-order valence-electron chi connectivity index (χ2n) is 5.77. The molecule has 3 fully saturated rings. The van der Waals surface area contributed by atoms with E-state index in [-0.39, 0.29) is 11.2 Å². The summed E-state index contributed by atoms with van der Waals surface area (Å²) in [5.74, 6) is 0.332. The van der Waals surface area contributed by atoms with Crippen molar-refractivity contribution < 1.29 is 14.6 Å². The maximum absolute atomic E-state index is 9.73. The largest absolute Gasteiger partial charge is 0.396 e. The van der Waals surface area contributed by atoms with Gasteiger partial charge in [-0.25, -0.2) is 0 Å². The quantitative estimate of drug-likeness (QED) is 0.744. The lowest BCUT2D eigenvalue weighted by atomic mass is 9.58. The number of rotatable bonds is 1. The molecule has 3 nitrogen and oxygen atoms in total. The predicted molar refractivity (Wildman–Crippen MR) is 60.0 cm³/mol. The lowest BCUT2D eigenvalue weighted by Crippen LogP contribution is -2.49. The van der Waals surface area contributed by atoms with Crippen molar-refractivity contribution in [1.82, 2.24) is 0 Å². The van der Waals surface area contributed by atoms with Gasteiger partial charge in [0, 0.05) is 19.4 Å². The molecule has 2 unspecified atom stereocenters. The first-order valence-electron chi connectivity index (χ1n) is 6.67. The van der Waals surface area contributed by atoms with Gasteiger partial charge in [-0.05, 0) is 30.6 Å². The molecule has 1 N–H and O–H groups in total. The predicted octanol–water partition coefficient (Wildman–Crippen LogP) is 2.08. The van der Waals surface area contributed by atoms with Crippen molar-refractivity contribution in [2.24, 2.45) is 11.3 Å². The summed E-state index contributed by atoms with van der Waals surface area (Å²) in [6, 6.07) is 0. The molecule has 1 heterocycles. The second kappa shape index (κ2) is 3.97. The van der Waals surface area contributed by atoms with Crippen LogP contribution in [0.25, 0.3) is 0 Å². The number of ether oxygens (including phenoxy) is 2. The monoisotopic (exact) mass is 226 g/mol. The minimum atomic E-state index is -0.277. The summed E-state index contributed by atoms with van der Waals surface area (Å²) in [4.78, 5) is 0. The molecule has 3 aliphatic rings. The Balaban J connectivity index is 1.78. The lowest BCUT2D eigenvalue weighted by molar-refractivity contribution is -0.217. The van der Waals surface area contributed by atoms with Gasteiger partial charge in [-0.3, -0.25) is 0 Å². The van der Waals surface area contributed by atoms with Gasteiger partial charge in [-0.15, -0.1) is 0 Å². The standard InChI is InChI=1S/C13H22O3/c14-10-12-4-2-1-3-11(12)9-13(6-5-12)15-7-8-16-13/h11,14H,1-10H2. The average molecular weight is 226 g/mol. The molecule has 3 heteroatoms. The fourth-order valence-electron chi connectivity index (χ4n) is 3.99. The van der Waals surface area contributed by atoms with Crippen LogP contribution in [0.3, 0.4) is 0 Å². The van der Waals surface area contributed by atoms with Crippen molar-refractivity contribution in [3.63, 3.8) is 0 Å². The van der Waals surface area contributed by atoms with Crippen molar-refractivity contribution in [1.29, 1.82) is 0 Å². The lowest BCUT2D eigenvalue weighted by Gasteiger charge is -2.51. The highest BCUT2D eigenvalue weighted by Gasteiger charge is 2.52. The van der Waals surface area contributed by atoms with Crippen LogP contribution in [0.15, 0.2) is 0 Å². The molecule has 2 atom stereocenters. The van der Waals surface area contributed by atoms with E-state index in [0.29, 0.717) is 12.5 Å². The maximum atomic E-state index is 9.73. The van der Waals surface area contributed by atoms with Crippen molar-refractivity contribution >= 4 is 0 Å². The van der Waals surface area contributed by atoms with Crippen LogP contribution in [0, 0.1) is 11.3 Å². The average Bonchev–Trinajstić information content (AvgIpc) is 2.78. The van der Waals surface area contributed by atoms with Crippen molar-refractivity contribution in [3.05, 3.63) is 0 Å². The highest BCUT2D eigenvalue weighted by molar-refractivity contribution is 4.98. The van der Waals surface area contributed by atoms with Gasteiger partial charge < -0.3 is 14.6 Å². The van der Waals surface area contributed by atoms with Gasteiger partial charge in [0.25, 0.3) is 0 Å². The zero-order valence-corrected chi connectivity index (χ0v) is 9.91. The third kappa shape index (κ3) is 1.60. The summed E-state index contributed by atoms with van der Waals surface area (Å²) in [6.07, 6.45) is 8.10. The molecule has 0 aromatic carbocycles. The third-order valence-electron chi connectivity index (χ3n) is 5.03. The highest BCUT2D eigenvalue weighted by atomic mass is 16.7. The van der Waals surface area contributed by atoms with E-state index in [1.807, 2.05) is 0 Å². The van der Waals surface area contributed by atoms with E-state index in [1.165, 1.54) is 25.7 Å². The molecule has 1 saturated heterocycles. The number of fused-ring (bicyclic) bond motifs is 1. The molecule has 0 aromatic heterocycles. The van der Waals surface area contributed by atoms with E-state index in [0.717, 1.165) is 32.5 Å². The van der Waals surface area contributed by atoms with Crippen molar-refractivity contribution in [2.75, 3.05) is 19.8 Å². The summed E-state index contributed by atoms with van der Waals surface area (Å²) in [5.41, 5.74) is 0.193. The molecule has 3 rings (SSSR count). The molecule has 0 bridgehead atoms. The van der Waals surface area contributed by atoms with Gasteiger partial charge in [0.2, 0.25) is 0 Å². The maximum Gasteiger partial charge on any atom is 0.168 e. The van der Waals surface area contributed by atoms with Crippen molar-refractivity contribution in [2.45, 2.75) is 50.7 Å². The molecule has 2 aliphatic carbocycles. The molecule has 0 radical (unpaired) electrons. The highest BCUT2D eigenvalue weighted by Crippen LogP contribution is 2.54. The second-order valence-corrected chi connectivity index (χ2v) is 5.77. The van der Waals surface area contributed by atoms with Crippen LogP contribution in [0.5, 0.6) is 0 Å². The van der Waals surface area contributed by atoms with E-state index in [4.69, 9.17) is 9.47 Å². The normalized spacial score (nSPS) is 42.2. The van der Waals surface area contributed by atoms with Crippen LogP contribution in [-0.4, -0.2) is 30.7 Å². The Morgan fingerprint density at radius 1 is 1.06 bits per heavy atom. The number of hydrogen-bond acceptors (Lipinski definition) is 3. The molecule has 0 aromatic rings. The Hall–Kier alpha value is -0.120. The van der Waals surface area contributed by atoms with Gasteiger partial charge >= 0.3 is 0 Å². The zero-order valence-electron chi connectivity index (χ0n) is 9.91. The molecule has 92 valence electrons. The topological polar surface area (TPSA) is 38.7 Å². The molecular weight excluding hydrogens is 204 g/mol. The van der Waals surface area contributed by atoms with Crippen LogP contribution in [0.1, 0.15) is 44.9 Å². The van der Waals surface area contributed by atoms with E-state index < -0.39 is 0 Å². The van der Waals surface area contributed by atoms with E-state index >= 15 is 0 Å². The van der Waals surface area contributed by atoms with Gasteiger partial charge in [0.05, 0.1) is 13.2 Å². The molecule has 1 aliphatic heterocycles. The SMILES string of the molecule is OCC12CCCCC1CC1(CC2)OCCO1. The van der Waals surface area contributed by atoms with Gasteiger partial charge in [-0.1, -0.05) is 12.8 Å². The summed E-state index contributed by atoms with van der Waals surface area (Å²) >= 11 is 0. The van der Waals surface area contributed by atoms with Crippen LogP contribution in [0.4, 0.5) is 0 Å². The van der Waals surface area contributed by atoms with Crippen molar-refractivity contribution in [3.8, 4) is 0 Å². The Kier molecular flexibility index (Phi) is 2.73. The minimum absolute atomic E-state index is 0.193. The summed E-state index contributed by atoms with van der Waals surface area (Å²) in [6.45, 7) is 1.85. The number of hydrogen-bond donors (Lipinski definition) is 1. The van der Waals surface area contributed by atoms with Crippen LogP contribution in [0.2, 0.25) is 0 Å². The Morgan fingerprint density at radius 3 is 2.62 bits per heavy atom. The Morgan fingerprint density at radius 2 is 1.88 bits per heavy atom. The molecular formula is C13H22O3. The summed E-state index contributed by atoms with van der Waals surface area (Å²) in [7, 11) is 0.